The van der Waals surface area contributed by atoms with Gasteiger partial charge >= 0.3 is 0 Å². The van der Waals surface area contributed by atoms with Crippen molar-refractivity contribution < 1.29 is 0 Å². The van der Waals surface area contributed by atoms with Gasteiger partial charge in [0.2, 0.25) is 0 Å². The van der Waals surface area contributed by atoms with Gasteiger partial charge in [0.1, 0.15) is 5.82 Å². The molecular formula is C13H19N3. The van der Waals surface area contributed by atoms with Crippen LogP contribution in [0, 0.1) is 25.7 Å². The summed E-state index contributed by atoms with van der Waals surface area (Å²) in [5, 5.41) is 3.61. The number of anilines is 1. The van der Waals surface area contributed by atoms with Crippen molar-refractivity contribution in [2.45, 2.75) is 45.6 Å². The Hall–Kier alpha value is -1.12. The van der Waals surface area contributed by atoms with E-state index in [4.69, 9.17) is 0 Å². The first-order chi connectivity index (χ1) is 7.72. The second-order valence-corrected chi connectivity index (χ2v) is 5.37. The Morgan fingerprint density at radius 2 is 2.12 bits per heavy atom. The monoisotopic (exact) mass is 217 g/mol. The van der Waals surface area contributed by atoms with Gasteiger partial charge in [-0.1, -0.05) is 6.42 Å². The normalized spacial score (nSPS) is 32.0. The predicted octanol–water partition coefficient (Wildman–Crippen LogP) is 2.69. The van der Waals surface area contributed by atoms with Crippen molar-refractivity contribution >= 4 is 5.82 Å². The van der Waals surface area contributed by atoms with Gasteiger partial charge in [-0.25, -0.2) is 4.98 Å². The zero-order valence-electron chi connectivity index (χ0n) is 10.0. The van der Waals surface area contributed by atoms with Crippen LogP contribution in [0.3, 0.4) is 0 Å². The number of aryl methyl sites for hydroxylation is 2. The van der Waals surface area contributed by atoms with E-state index in [0.29, 0.717) is 6.04 Å². The van der Waals surface area contributed by atoms with Gasteiger partial charge in [0.15, 0.2) is 0 Å². The van der Waals surface area contributed by atoms with Gasteiger partial charge in [-0.15, -0.1) is 0 Å². The predicted molar refractivity (Wildman–Crippen MR) is 64.4 cm³/mol. The molecule has 0 amide bonds. The van der Waals surface area contributed by atoms with Crippen molar-refractivity contribution in [3.05, 3.63) is 17.6 Å². The van der Waals surface area contributed by atoms with E-state index >= 15 is 0 Å². The molecule has 0 aromatic carbocycles. The van der Waals surface area contributed by atoms with Gasteiger partial charge in [-0.05, 0) is 44.9 Å². The van der Waals surface area contributed by atoms with E-state index in [-0.39, 0.29) is 0 Å². The number of hydrogen-bond donors (Lipinski definition) is 1. The number of rotatable bonds is 2. The topological polar surface area (TPSA) is 37.8 Å². The van der Waals surface area contributed by atoms with Gasteiger partial charge in [0.05, 0.1) is 11.4 Å². The Morgan fingerprint density at radius 3 is 2.81 bits per heavy atom. The van der Waals surface area contributed by atoms with Crippen molar-refractivity contribution in [3.8, 4) is 0 Å². The fourth-order valence-corrected chi connectivity index (χ4v) is 3.27. The zero-order chi connectivity index (χ0) is 11.1. The fraction of sp³-hybridized carbons (Fsp3) is 0.692. The standard InChI is InChI=1S/C13H19N3/c1-8-7-14-9(2)13(15-8)16-12-6-10-3-4-11(12)5-10/h7,10-12H,3-6H2,1-2H3,(H,15,16). The number of fused-ring (bicyclic) bond motifs is 2. The average molecular weight is 217 g/mol. The molecule has 0 radical (unpaired) electrons. The highest BCUT2D eigenvalue weighted by Crippen LogP contribution is 2.45. The summed E-state index contributed by atoms with van der Waals surface area (Å²) in [5.74, 6) is 2.85. The van der Waals surface area contributed by atoms with Crippen LogP contribution in [-0.2, 0) is 0 Å². The lowest BCUT2D eigenvalue weighted by Gasteiger charge is -2.24. The van der Waals surface area contributed by atoms with E-state index in [0.717, 1.165) is 29.0 Å². The maximum Gasteiger partial charge on any atom is 0.147 e. The molecule has 2 aliphatic rings. The lowest BCUT2D eigenvalue weighted by molar-refractivity contribution is 0.438. The summed E-state index contributed by atoms with van der Waals surface area (Å²) >= 11 is 0. The Kier molecular flexibility index (Phi) is 2.34. The number of aromatic nitrogens is 2. The molecule has 86 valence electrons. The summed E-state index contributed by atoms with van der Waals surface area (Å²) in [6.07, 6.45) is 7.44. The SMILES string of the molecule is Cc1cnc(C)c(NC2CC3CCC2C3)n1. The third-order valence-electron chi connectivity index (χ3n) is 4.14. The van der Waals surface area contributed by atoms with E-state index < -0.39 is 0 Å². The molecular weight excluding hydrogens is 198 g/mol. The summed E-state index contributed by atoms with van der Waals surface area (Å²) in [6.45, 7) is 4.03. The van der Waals surface area contributed by atoms with Crippen molar-refractivity contribution in [2.24, 2.45) is 11.8 Å². The molecule has 2 saturated carbocycles. The quantitative estimate of drug-likeness (QED) is 0.827. The Labute approximate surface area is 96.7 Å². The van der Waals surface area contributed by atoms with E-state index in [1.54, 1.807) is 0 Å². The molecule has 1 N–H and O–H groups in total. The number of nitrogens with zero attached hydrogens (tertiary/aromatic N) is 2. The first-order valence-corrected chi connectivity index (χ1v) is 6.29. The molecule has 1 aromatic heterocycles. The molecule has 1 heterocycles. The molecule has 3 nitrogen and oxygen atoms in total. The average Bonchev–Trinajstić information content (AvgIpc) is 2.85. The molecule has 1 aromatic rings. The minimum atomic E-state index is 0.647. The van der Waals surface area contributed by atoms with Gasteiger partial charge in [0.25, 0.3) is 0 Å². The van der Waals surface area contributed by atoms with Gasteiger partial charge in [0, 0.05) is 12.2 Å². The first-order valence-electron chi connectivity index (χ1n) is 6.29. The molecule has 0 saturated heterocycles. The smallest absolute Gasteiger partial charge is 0.147 e. The largest absolute Gasteiger partial charge is 0.366 e. The minimum Gasteiger partial charge on any atom is -0.366 e. The van der Waals surface area contributed by atoms with Gasteiger partial charge in [-0.2, -0.15) is 0 Å². The summed E-state index contributed by atoms with van der Waals surface area (Å²) in [5.41, 5.74) is 2.02. The lowest BCUT2D eigenvalue weighted by Crippen LogP contribution is -2.27. The summed E-state index contributed by atoms with van der Waals surface area (Å²) in [4.78, 5) is 8.90. The highest BCUT2D eigenvalue weighted by molar-refractivity contribution is 5.41. The fourth-order valence-electron chi connectivity index (χ4n) is 3.27. The second kappa shape index (κ2) is 3.72. The molecule has 2 bridgehead atoms. The minimum absolute atomic E-state index is 0.647. The molecule has 3 rings (SSSR count). The van der Waals surface area contributed by atoms with Crippen LogP contribution < -0.4 is 5.32 Å². The Morgan fingerprint density at radius 1 is 1.25 bits per heavy atom. The van der Waals surface area contributed by atoms with Crippen LogP contribution in [0.1, 0.15) is 37.1 Å². The van der Waals surface area contributed by atoms with Crippen LogP contribution in [0.5, 0.6) is 0 Å². The van der Waals surface area contributed by atoms with E-state index in [1.807, 2.05) is 20.0 Å². The summed E-state index contributed by atoms with van der Waals surface area (Å²) in [6, 6.07) is 0.647. The molecule has 0 spiro atoms. The van der Waals surface area contributed by atoms with E-state index in [9.17, 15) is 0 Å². The Bertz CT molecular complexity index is 402. The molecule has 0 aliphatic heterocycles. The number of hydrogen-bond acceptors (Lipinski definition) is 3. The van der Waals surface area contributed by atoms with Gasteiger partial charge in [-0.3, -0.25) is 4.98 Å². The van der Waals surface area contributed by atoms with Crippen LogP contribution in [-0.4, -0.2) is 16.0 Å². The second-order valence-electron chi connectivity index (χ2n) is 5.37. The molecule has 16 heavy (non-hydrogen) atoms. The first kappa shape index (κ1) is 10.1. The van der Waals surface area contributed by atoms with Crippen LogP contribution in [0.25, 0.3) is 0 Å². The highest BCUT2D eigenvalue weighted by Gasteiger charge is 2.39. The van der Waals surface area contributed by atoms with Crippen LogP contribution >= 0.6 is 0 Å². The summed E-state index contributed by atoms with van der Waals surface area (Å²) < 4.78 is 0. The van der Waals surface area contributed by atoms with Crippen LogP contribution in [0.2, 0.25) is 0 Å². The molecule has 3 atom stereocenters. The highest BCUT2D eigenvalue weighted by atomic mass is 15.1. The van der Waals surface area contributed by atoms with Crippen molar-refractivity contribution in [1.82, 2.24) is 9.97 Å². The zero-order valence-corrected chi connectivity index (χ0v) is 10.0. The van der Waals surface area contributed by atoms with Crippen molar-refractivity contribution in [1.29, 1.82) is 0 Å². The lowest BCUT2D eigenvalue weighted by atomic mass is 9.95. The maximum atomic E-state index is 4.55. The van der Waals surface area contributed by atoms with Crippen LogP contribution in [0.15, 0.2) is 6.20 Å². The molecule has 2 aliphatic carbocycles. The van der Waals surface area contributed by atoms with E-state index in [2.05, 4.69) is 15.3 Å². The molecule has 2 fully saturated rings. The van der Waals surface area contributed by atoms with E-state index in [1.165, 1.54) is 25.7 Å². The van der Waals surface area contributed by atoms with Gasteiger partial charge < -0.3 is 5.32 Å². The van der Waals surface area contributed by atoms with Crippen molar-refractivity contribution in [2.75, 3.05) is 5.32 Å². The summed E-state index contributed by atoms with van der Waals surface area (Å²) in [7, 11) is 0. The molecule has 3 unspecified atom stereocenters. The maximum absolute atomic E-state index is 4.55. The third kappa shape index (κ3) is 1.68. The van der Waals surface area contributed by atoms with Crippen LogP contribution in [0.4, 0.5) is 5.82 Å². The third-order valence-corrected chi connectivity index (χ3v) is 4.14. The molecule has 3 heteroatoms. The number of nitrogens with one attached hydrogen (secondary N) is 1. The Balaban J connectivity index is 1.76. The van der Waals surface area contributed by atoms with Crippen molar-refractivity contribution in [3.63, 3.8) is 0 Å².